The first-order chi connectivity index (χ1) is 9.66. The number of hydrogen-bond donors (Lipinski definition) is 1. The Kier molecular flexibility index (Phi) is 3.36. The quantitative estimate of drug-likeness (QED) is 0.933. The zero-order valence-corrected chi connectivity index (χ0v) is 11.1. The highest BCUT2D eigenvalue weighted by atomic mass is 19.1. The molecule has 2 aromatic rings. The fourth-order valence-electron chi connectivity index (χ4n) is 2.51. The zero-order valence-electron chi connectivity index (χ0n) is 11.1. The van der Waals surface area contributed by atoms with Gasteiger partial charge in [-0.2, -0.15) is 4.98 Å². The van der Waals surface area contributed by atoms with E-state index in [-0.39, 0.29) is 5.82 Å². The lowest BCUT2D eigenvalue weighted by Crippen LogP contribution is -2.34. The van der Waals surface area contributed by atoms with Crippen LogP contribution >= 0.6 is 0 Å². The zero-order chi connectivity index (χ0) is 14.0. The molecule has 1 heterocycles. The summed E-state index contributed by atoms with van der Waals surface area (Å²) in [6.07, 6.45) is 7.37. The number of hydrogen-bond acceptors (Lipinski definition) is 4. The number of nitrogens with two attached hydrogens (primary N) is 1. The highest BCUT2D eigenvalue weighted by molar-refractivity contribution is 5.65. The van der Waals surface area contributed by atoms with Crippen LogP contribution in [0.15, 0.2) is 28.8 Å². The number of benzene rings is 1. The van der Waals surface area contributed by atoms with Gasteiger partial charge in [-0.15, -0.1) is 0 Å². The van der Waals surface area contributed by atoms with Crippen molar-refractivity contribution in [1.82, 2.24) is 10.1 Å². The van der Waals surface area contributed by atoms with Crippen LogP contribution < -0.4 is 5.73 Å². The Labute approximate surface area is 116 Å². The highest BCUT2D eigenvalue weighted by Gasteiger charge is 2.35. The SMILES string of the molecule is NC1(c2noc(/C=C/c3cccc(F)c3)n2)CCCC1. The highest BCUT2D eigenvalue weighted by Crippen LogP contribution is 2.34. The van der Waals surface area contributed by atoms with Gasteiger partial charge in [0.2, 0.25) is 0 Å². The molecule has 0 unspecified atom stereocenters. The van der Waals surface area contributed by atoms with Gasteiger partial charge in [-0.3, -0.25) is 0 Å². The van der Waals surface area contributed by atoms with Crippen LogP contribution in [0.1, 0.15) is 43.0 Å². The number of rotatable bonds is 3. The van der Waals surface area contributed by atoms with Crippen molar-refractivity contribution in [3.63, 3.8) is 0 Å². The Hall–Kier alpha value is -2.01. The second kappa shape index (κ2) is 5.17. The lowest BCUT2D eigenvalue weighted by molar-refractivity contribution is 0.364. The van der Waals surface area contributed by atoms with Gasteiger partial charge in [-0.25, -0.2) is 4.39 Å². The molecule has 20 heavy (non-hydrogen) atoms. The standard InChI is InChI=1S/C15H16FN3O/c16-12-5-3-4-11(10-12)6-7-13-18-14(19-20-13)15(17)8-1-2-9-15/h3-7,10H,1-2,8-9,17H2/b7-6+. The molecule has 0 aliphatic heterocycles. The summed E-state index contributed by atoms with van der Waals surface area (Å²) in [5, 5.41) is 3.96. The molecule has 1 aromatic heterocycles. The smallest absolute Gasteiger partial charge is 0.250 e. The van der Waals surface area contributed by atoms with Gasteiger partial charge in [-0.1, -0.05) is 30.1 Å². The summed E-state index contributed by atoms with van der Waals surface area (Å²) in [7, 11) is 0. The van der Waals surface area contributed by atoms with Crippen LogP contribution in [-0.2, 0) is 5.54 Å². The molecule has 0 radical (unpaired) electrons. The Morgan fingerprint density at radius 2 is 2.05 bits per heavy atom. The number of halogens is 1. The van der Waals surface area contributed by atoms with Crippen molar-refractivity contribution in [1.29, 1.82) is 0 Å². The molecule has 2 N–H and O–H groups in total. The number of aromatic nitrogens is 2. The third-order valence-corrected chi connectivity index (χ3v) is 3.65. The fraction of sp³-hybridized carbons (Fsp3) is 0.333. The Bertz CT molecular complexity index is 630. The van der Waals surface area contributed by atoms with Gasteiger partial charge in [0.05, 0.1) is 5.54 Å². The van der Waals surface area contributed by atoms with Crippen molar-refractivity contribution < 1.29 is 8.91 Å². The van der Waals surface area contributed by atoms with Crippen molar-refractivity contribution in [2.45, 2.75) is 31.2 Å². The van der Waals surface area contributed by atoms with Crippen LogP contribution in [0.2, 0.25) is 0 Å². The molecular formula is C15H16FN3O. The Morgan fingerprint density at radius 3 is 2.80 bits per heavy atom. The maximum absolute atomic E-state index is 13.1. The predicted molar refractivity (Wildman–Crippen MR) is 74.0 cm³/mol. The van der Waals surface area contributed by atoms with Crippen molar-refractivity contribution in [2.24, 2.45) is 5.73 Å². The largest absolute Gasteiger partial charge is 0.335 e. The van der Waals surface area contributed by atoms with E-state index in [2.05, 4.69) is 10.1 Å². The van der Waals surface area contributed by atoms with Crippen LogP contribution in [-0.4, -0.2) is 10.1 Å². The molecule has 1 aliphatic rings. The third kappa shape index (κ3) is 2.63. The molecule has 3 rings (SSSR count). The van der Waals surface area contributed by atoms with E-state index >= 15 is 0 Å². The van der Waals surface area contributed by atoms with Crippen LogP contribution in [0.25, 0.3) is 12.2 Å². The summed E-state index contributed by atoms with van der Waals surface area (Å²) in [5.41, 5.74) is 6.56. The first-order valence-electron chi connectivity index (χ1n) is 6.72. The summed E-state index contributed by atoms with van der Waals surface area (Å²) < 4.78 is 18.2. The van der Waals surface area contributed by atoms with E-state index in [9.17, 15) is 4.39 Å². The summed E-state index contributed by atoms with van der Waals surface area (Å²) >= 11 is 0. The maximum Gasteiger partial charge on any atom is 0.250 e. The molecule has 4 nitrogen and oxygen atoms in total. The van der Waals surface area contributed by atoms with Crippen molar-refractivity contribution in [3.8, 4) is 0 Å². The van der Waals surface area contributed by atoms with Crippen LogP contribution in [0.4, 0.5) is 4.39 Å². The second-order valence-electron chi connectivity index (χ2n) is 5.21. The van der Waals surface area contributed by atoms with Gasteiger partial charge in [0.15, 0.2) is 5.82 Å². The molecule has 0 bridgehead atoms. The van der Waals surface area contributed by atoms with Crippen LogP contribution in [0.5, 0.6) is 0 Å². The molecule has 1 fully saturated rings. The molecule has 0 atom stereocenters. The minimum Gasteiger partial charge on any atom is -0.335 e. The van der Waals surface area contributed by atoms with Crippen LogP contribution in [0.3, 0.4) is 0 Å². The molecular weight excluding hydrogens is 257 g/mol. The number of nitrogens with zero attached hydrogens (tertiary/aromatic N) is 2. The monoisotopic (exact) mass is 273 g/mol. The van der Waals surface area contributed by atoms with Gasteiger partial charge in [0, 0.05) is 6.08 Å². The van der Waals surface area contributed by atoms with E-state index in [4.69, 9.17) is 10.3 Å². The topological polar surface area (TPSA) is 64.9 Å². The summed E-state index contributed by atoms with van der Waals surface area (Å²) in [4.78, 5) is 4.32. The van der Waals surface area contributed by atoms with E-state index in [1.54, 1.807) is 24.3 Å². The van der Waals surface area contributed by atoms with Crippen molar-refractivity contribution >= 4 is 12.2 Å². The minimum absolute atomic E-state index is 0.273. The summed E-state index contributed by atoms with van der Waals surface area (Å²) in [6.45, 7) is 0. The molecule has 104 valence electrons. The predicted octanol–water partition coefficient (Wildman–Crippen LogP) is 3.11. The molecule has 0 saturated heterocycles. The molecule has 1 saturated carbocycles. The molecule has 0 spiro atoms. The summed E-state index contributed by atoms with van der Waals surface area (Å²) in [6, 6.07) is 6.30. The van der Waals surface area contributed by atoms with Crippen LogP contribution in [0, 0.1) is 5.82 Å². The van der Waals surface area contributed by atoms with E-state index in [1.165, 1.54) is 12.1 Å². The van der Waals surface area contributed by atoms with Gasteiger partial charge >= 0.3 is 0 Å². The minimum atomic E-state index is -0.450. The van der Waals surface area contributed by atoms with Gasteiger partial charge < -0.3 is 10.3 Å². The van der Waals surface area contributed by atoms with E-state index in [0.29, 0.717) is 11.7 Å². The van der Waals surface area contributed by atoms with Gasteiger partial charge in [-0.05, 0) is 36.6 Å². The normalized spacial score (nSPS) is 17.9. The average Bonchev–Trinajstić information content (AvgIpc) is 3.06. The lowest BCUT2D eigenvalue weighted by atomic mass is 9.99. The maximum atomic E-state index is 13.1. The molecule has 5 heteroatoms. The van der Waals surface area contributed by atoms with Gasteiger partial charge in [0.25, 0.3) is 5.89 Å². The third-order valence-electron chi connectivity index (χ3n) is 3.65. The van der Waals surface area contributed by atoms with Crippen molar-refractivity contribution in [3.05, 3.63) is 47.4 Å². The first kappa shape index (κ1) is 13.0. The van der Waals surface area contributed by atoms with E-state index < -0.39 is 5.54 Å². The Morgan fingerprint density at radius 1 is 1.25 bits per heavy atom. The van der Waals surface area contributed by atoms with Gasteiger partial charge in [0.1, 0.15) is 5.82 Å². The second-order valence-corrected chi connectivity index (χ2v) is 5.21. The molecule has 1 aliphatic carbocycles. The Balaban J connectivity index is 1.77. The van der Waals surface area contributed by atoms with E-state index in [1.807, 2.05) is 0 Å². The summed E-state index contributed by atoms with van der Waals surface area (Å²) in [5.74, 6) is 0.681. The average molecular weight is 273 g/mol. The fourth-order valence-corrected chi connectivity index (χ4v) is 2.51. The first-order valence-corrected chi connectivity index (χ1v) is 6.72. The van der Waals surface area contributed by atoms with Crippen molar-refractivity contribution in [2.75, 3.05) is 0 Å². The molecule has 1 aromatic carbocycles. The molecule has 0 amide bonds. The lowest BCUT2D eigenvalue weighted by Gasteiger charge is -2.17. The van der Waals surface area contributed by atoms with E-state index in [0.717, 1.165) is 31.2 Å².